The second-order valence-electron chi connectivity index (χ2n) is 6.50. The Bertz CT molecular complexity index is 307. The molecule has 4 nitrogen and oxygen atoms in total. The number of ether oxygens (including phenoxy) is 1. The van der Waals surface area contributed by atoms with Crippen molar-refractivity contribution in [2.75, 3.05) is 0 Å². The fourth-order valence-electron chi connectivity index (χ4n) is 3.25. The molecule has 3 N–H and O–H groups in total. The molecular formula is C13H24N2O2. The van der Waals surface area contributed by atoms with Crippen molar-refractivity contribution in [2.24, 2.45) is 11.7 Å². The summed E-state index contributed by atoms with van der Waals surface area (Å²) in [5.41, 5.74) is 5.61. The fourth-order valence-corrected chi connectivity index (χ4v) is 3.25. The molecule has 0 aromatic heterocycles. The van der Waals surface area contributed by atoms with Crippen molar-refractivity contribution >= 4 is 6.09 Å². The van der Waals surface area contributed by atoms with Crippen LogP contribution in [0.3, 0.4) is 0 Å². The lowest BCUT2D eigenvalue weighted by atomic mass is 9.79. The molecule has 2 bridgehead atoms. The van der Waals surface area contributed by atoms with Crippen LogP contribution in [0.1, 0.15) is 52.9 Å². The maximum Gasteiger partial charge on any atom is 0.408 e. The van der Waals surface area contributed by atoms with Crippen LogP contribution in [-0.2, 0) is 4.74 Å². The first-order valence-electron chi connectivity index (χ1n) is 6.59. The number of hydrogen-bond acceptors (Lipinski definition) is 3. The highest BCUT2D eigenvalue weighted by Crippen LogP contribution is 2.44. The van der Waals surface area contributed by atoms with Gasteiger partial charge in [0.05, 0.1) is 5.54 Å². The van der Waals surface area contributed by atoms with Gasteiger partial charge in [-0.05, 0) is 52.4 Å². The summed E-state index contributed by atoms with van der Waals surface area (Å²) in [4.78, 5) is 11.9. The van der Waals surface area contributed by atoms with E-state index < -0.39 is 5.60 Å². The molecule has 2 rings (SSSR count). The van der Waals surface area contributed by atoms with Gasteiger partial charge in [-0.25, -0.2) is 4.79 Å². The second kappa shape index (κ2) is 4.16. The van der Waals surface area contributed by atoms with Crippen LogP contribution in [-0.4, -0.2) is 23.3 Å². The minimum Gasteiger partial charge on any atom is -0.444 e. The molecule has 0 unspecified atom stereocenters. The number of rotatable bonds is 1. The molecule has 0 spiro atoms. The quantitative estimate of drug-likeness (QED) is 0.738. The lowest BCUT2D eigenvalue weighted by Crippen LogP contribution is -2.60. The van der Waals surface area contributed by atoms with Crippen LogP contribution in [0.4, 0.5) is 4.79 Å². The summed E-state index contributed by atoms with van der Waals surface area (Å²) < 4.78 is 5.33. The molecule has 98 valence electrons. The Morgan fingerprint density at radius 2 is 2.06 bits per heavy atom. The van der Waals surface area contributed by atoms with Gasteiger partial charge in [0, 0.05) is 6.04 Å². The van der Waals surface area contributed by atoms with Crippen molar-refractivity contribution in [3.8, 4) is 0 Å². The van der Waals surface area contributed by atoms with Crippen LogP contribution in [0, 0.1) is 5.92 Å². The first kappa shape index (κ1) is 12.7. The number of amides is 1. The van der Waals surface area contributed by atoms with Gasteiger partial charge in [-0.1, -0.05) is 6.42 Å². The predicted octanol–water partition coefficient (Wildman–Crippen LogP) is 2.17. The molecule has 0 aliphatic heterocycles. The van der Waals surface area contributed by atoms with Crippen molar-refractivity contribution in [1.82, 2.24) is 5.32 Å². The molecule has 17 heavy (non-hydrogen) atoms. The van der Waals surface area contributed by atoms with E-state index in [2.05, 4.69) is 5.32 Å². The van der Waals surface area contributed by atoms with Gasteiger partial charge in [-0.15, -0.1) is 0 Å². The monoisotopic (exact) mass is 240 g/mol. The lowest BCUT2D eigenvalue weighted by Gasteiger charge is -2.40. The van der Waals surface area contributed by atoms with E-state index in [0.29, 0.717) is 5.92 Å². The van der Waals surface area contributed by atoms with Gasteiger partial charge in [-0.3, -0.25) is 0 Å². The molecule has 0 heterocycles. The number of carbonyl (C=O) groups is 1. The third kappa shape index (κ3) is 2.57. The van der Waals surface area contributed by atoms with Crippen molar-refractivity contribution in [3.05, 3.63) is 0 Å². The molecule has 2 aliphatic carbocycles. The van der Waals surface area contributed by atoms with E-state index in [4.69, 9.17) is 10.5 Å². The molecule has 1 amide bonds. The van der Waals surface area contributed by atoms with Gasteiger partial charge in [0.25, 0.3) is 0 Å². The van der Waals surface area contributed by atoms with Gasteiger partial charge in [-0.2, -0.15) is 0 Å². The molecule has 2 aliphatic rings. The minimum atomic E-state index is -0.447. The number of nitrogens with two attached hydrogens (primary N) is 1. The fraction of sp³-hybridized carbons (Fsp3) is 0.923. The topological polar surface area (TPSA) is 64.3 Å². The van der Waals surface area contributed by atoms with E-state index in [0.717, 1.165) is 25.7 Å². The summed E-state index contributed by atoms with van der Waals surface area (Å²) in [6.07, 6.45) is 5.17. The zero-order chi connectivity index (χ0) is 12.7. The first-order valence-corrected chi connectivity index (χ1v) is 6.59. The number of fused-ring (bicyclic) bond motifs is 2. The van der Waals surface area contributed by atoms with E-state index in [-0.39, 0.29) is 17.7 Å². The molecule has 2 saturated carbocycles. The van der Waals surface area contributed by atoms with Gasteiger partial charge < -0.3 is 15.8 Å². The third-order valence-corrected chi connectivity index (χ3v) is 4.05. The predicted molar refractivity (Wildman–Crippen MR) is 66.7 cm³/mol. The molecule has 0 saturated heterocycles. The van der Waals surface area contributed by atoms with Gasteiger partial charge >= 0.3 is 6.09 Å². The highest BCUT2D eigenvalue weighted by Gasteiger charge is 2.50. The molecule has 3 atom stereocenters. The van der Waals surface area contributed by atoms with Gasteiger partial charge in [0.1, 0.15) is 5.60 Å². The van der Waals surface area contributed by atoms with Crippen LogP contribution in [0.15, 0.2) is 0 Å². The Morgan fingerprint density at radius 1 is 1.35 bits per heavy atom. The second-order valence-corrected chi connectivity index (χ2v) is 6.50. The summed E-state index contributed by atoms with van der Waals surface area (Å²) >= 11 is 0. The van der Waals surface area contributed by atoms with Gasteiger partial charge in [0.15, 0.2) is 0 Å². The summed E-state index contributed by atoms with van der Waals surface area (Å²) in [5.74, 6) is 0.582. The standard InChI is InChI=1S/C13H24N2O2/c1-12(2,3)17-11(16)15-13-7-4-5-9(6-8-13)10(13)14/h9-10H,4-8,14H2,1-3H3,(H,15,16)/t9-,10-,13+/m0/s1. The number of nitrogens with one attached hydrogen (secondary N) is 1. The Balaban J connectivity index is 2.00. The minimum absolute atomic E-state index is 0.101. The molecule has 2 fully saturated rings. The SMILES string of the molecule is CC(C)(C)OC(=O)N[C@]12CCC[C@@H](CC1)[C@@H]2N. The highest BCUT2D eigenvalue weighted by atomic mass is 16.6. The van der Waals surface area contributed by atoms with Crippen molar-refractivity contribution in [2.45, 2.75) is 70.1 Å². The van der Waals surface area contributed by atoms with Gasteiger partial charge in [0.2, 0.25) is 0 Å². The van der Waals surface area contributed by atoms with Crippen LogP contribution in [0.25, 0.3) is 0 Å². The van der Waals surface area contributed by atoms with E-state index in [9.17, 15) is 4.79 Å². The maximum absolute atomic E-state index is 11.9. The largest absolute Gasteiger partial charge is 0.444 e. The third-order valence-electron chi connectivity index (χ3n) is 4.05. The van der Waals surface area contributed by atoms with Crippen LogP contribution in [0.2, 0.25) is 0 Å². The average molecular weight is 240 g/mol. The smallest absolute Gasteiger partial charge is 0.408 e. The summed E-state index contributed by atoms with van der Waals surface area (Å²) in [6, 6.07) is 0.101. The molecule has 4 heteroatoms. The summed E-state index contributed by atoms with van der Waals surface area (Å²) in [6.45, 7) is 5.63. The molecule has 0 radical (unpaired) electrons. The van der Waals surface area contributed by atoms with Crippen molar-refractivity contribution in [3.63, 3.8) is 0 Å². The Hall–Kier alpha value is -0.770. The zero-order valence-corrected chi connectivity index (χ0v) is 11.1. The summed E-state index contributed by atoms with van der Waals surface area (Å²) in [7, 11) is 0. The highest BCUT2D eigenvalue weighted by molar-refractivity contribution is 5.69. The van der Waals surface area contributed by atoms with Crippen molar-refractivity contribution in [1.29, 1.82) is 0 Å². The van der Waals surface area contributed by atoms with Crippen LogP contribution < -0.4 is 11.1 Å². The Kier molecular flexibility index (Phi) is 3.10. The van der Waals surface area contributed by atoms with Crippen molar-refractivity contribution < 1.29 is 9.53 Å². The zero-order valence-electron chi connectivity index (χ0n) is 11.1. The van der Waals surface area contributed by atoms with E-state index >= 15 is 0 Å². The first-order chi connectivity index (χ1) is 7.82. The van der Waals surface area contributed by atoms with E-state index in [1.54, 1.807) is 0 Å². The van der Waals surface area contributed by atoms with E-state index in [1.165, 1.54) is 6.42 Å². The summed E-state index contributed by atoms with van der Waals surface area (Å²) in [5, 5.41) is 3.04. The molecular weight excluding hydrogens is 216 g/mol. The number of hydrogen-bond donors (Lipinski definition) is 2. The molecule has 0 aromatic rings. The Labute approximate surface area is 103 Å². The molecule has 0 aromatic carbocycles. The lowest BCUT2D eigenvalue weighted by molar-refractivity contribution is 0.0419. The van der Waals surface area contributed by atoms with Crippen LogP contribution in [0.5, 0.6) is 0 Å². The number of carbonyl (C=O) groups excluding carboxylic acids is 1. The normalized spacial score (nSPS) is 36.7. The Morgan fingerprint density at radius 3 is 2.71 bits per heavy atom. The average Bonchev–Trinajstić information content (AvgIpc) is 2.38. The number of alkyl carbamates (subject to hydrolysis) is 1. The van der Waals surface area contributed by atoms with Crippen LogP contribution >= 0.6 is 0 Å². The maximum atomic E-state index is 11.9. The van der Waals surface area contributed by atoms with E-state index in [1.807, 2.05) is 20.8 Å².